The number of carbonyl (C=O) groups excluding carboxylic acids is 5. The molecule has 0 aromatic carbocycles. The topological polar surface area (TPSA) is 347 Å². The van der Waals surface area contributed by atoms with E-state index in [2.05, 4.69) is 106 Å². The van der Waals surface area contributed by atoms with Crippen LogP contribution < -0.4 is 24.5 Å². The summed E-state index contributed by atoms with van der Waals surface area (Å²) in [7, 11) is 8.56. The van der Waals surface area contributed by atoms with Crippen molar-refractivity contribution in [2.24, 2.45) is 29.5 Å². The molecule has 0 aliphatic carbocycles. The maximum atomic E-state index is 12.3. The van der Waals surface area contributed by atoms with E-state index >= 15 is 0 Å². The first kappa shape index (κ1) is 64.9. The maximum Gasteiger partial charge on any atom is 0.302 e. The molecule has 0 radical (unpaired) electrons. The fraction of sp³-hybridized carbons (Fsp3) is 0.529. The number of hydrogen-bond donors (Lipinski definition) is 5. The van der Waals surface area contributed by atoms with Gasteiger partial charge in [-0.2, -0.15) is 0 Å². The number of piperidine rings is 5. The molecule has 35 nitrogen and oxygen atoms in total. The highest BCUT2D eigenvalue weighted by atomic mass is 16.2. The molecule has 5 aliphatic heterocycles. The zero-order chi connectivity index (χ0) is 103. The number of nitrogens with one attached hydrogen (secondary N) is 5. The zero-order valence-corrected chi connectivity index (χ0v) is 69.4. The number of aromatic nitrogens is 15. The van der Waals surface area contributed by atoms with Crippen LogP contribution in [0.15, 0.2) is 61.7 Å². The number of likely N-dealkylation sites (N-methyl/N-ethyl adjacent to an activating group) is 5. The third kappa shape index (κ3) is 20.2. The first-order valence-electron chi connectivity index (χ1n) is 48.5. The summed E-state index contributed by atoms with van der Waals surface area (Å²) in [5, 5.41) is 2.30. The highest BCUT2D eigenvalue weighted by molar-refractivity contribution is 5.92. The molecule has 5 saturated heterocycles. The maximum absolute atomic E-state index is 12.3. The fourth-order valence-electron chi connectivity index (χ4n) is 15.5. The summed E-state index contributed by atoms with van der Waals surface area (Å²) in [6, 6.07) is -2.09. The molecule has 15 rings (SSSR count). The Bertz CT molecular complexity index is 6570. The average molecular weight is 1650 g/mol. The van der Waals surface area contributed by atoms with Crippen LogP contribution in [0.5, 0.6) is 0 Å². The van der Waals surface area contributed by atoms with Crippen molar-refractivity contribution >= 4 is 114 Å². The smallest absolute Gasteiger partial charge is 0.302 e. The van der Waals surface area contributed by atoms with Crippen LogP contribution in [0.3, 0.4) is 0 Å². The first-order valence-corrected chi connectivity index (χ1v) is 39.0. The van der Waals surface area contributed by atoms with E-state index in [9.17, 15) is 24.0 Å². The van der Waals surface area contributed by atoms with Crippen molar-refractivity contribution in [3.05, 3.63) is 147 Å². The summed E-state index contributed by atoms with van der Waals surface area (Å²) in [4.78, 5) is 149. The summed E-state index contributed by atoms with van der Waals surface area (Å²) in [6.45, 7) is 46.0. The summed E-state index contributed by atoms with van der Waals surface area (Å²) < 4.78 is 155. The van der Waals surface area contributed by atoms with Gasteiger partial charge in [-0.25, -0.2) is 82.7 Å². The molecule has 10 atom stereocenters. The molecule has 0 unspecified atom stereocenters. The Balaban J connectivity index is 0.000000167. The molecule has 5 aliphatic rings. The lowest BCUT2D eigenvalue weighted by molar-refractivity contribution is -0.131. The van der Waals surface area contributed by atoms with Crippen LogP contribution in [-0.4, -0.2) is 292 Å². The number of anilines is 5. The molecule has 5 N–H and O–H groups in total. The number of aromatic amines is 5. The molecule has 0 bridgehead atoms. The van der Waals surface area contributed by atoms with Crippen LogP contribution >= 0.6 is 0 Å². The lowest BCUT2D eigenvalue weighted by Crippen LogP contribution is -2.53. The minimum atomic E-state index is -2.64. The highest BCUT2D eigenvalue weighted by Crippen LogP contribution is 2.36. The summed E-state index contributed by atoms with van der Waals surface area (Å²) in [5.74, 6) is -2.99. The van der Waals surface area contributed by atoms with E-state index < -0.39 is 61.5 Å². The molecule has 15 heterocycles. The largest absolute Gasteiger partial charge is 0.354 e. The van der Waals surface area contributed by atoms with Gasteiger partial charge in [-0.05, 0) is 126 Å². The van der Waals surface area contributed by atoms with Crippen molar-refractivity contribution in [3.8, 4) is 0 Å². The zero-order valence-electron chi connectivity index (χ0n) is 88.4. The van der Waals surface area contributed by atoms with Gasteiger partial charge in [0, 0.05) is 140 Å². The normalized spacial score (nSPS) is 25.1. The Morgan fingerprint density at radius 3 is 0.925 bits per heavy atom. The number of likely N-dealkylation sites (tertiary alicyclic amines) is 5. The Morgan fingerprint density at radius 2 is 0.617 bits per heavy atom. The molecule has 5 amide bonds. The predicted molar refractivity (Wildman–Crippen MR) is 463 cm³/mol. The van der Waals surface area contributed by atoms with Crippen molar-refractivity contribution in [2.45, 2.75) is 131 Å². The Kier molecular flexibility index (Phi) is 21.3. The van der Waals surface area contributed by atoms with Gasteiger partial charge < -0.3 is 98.1 Å². The third-order valence-electron chi connectivity index (χ3n) is 22.3. The number of hydrogen-bond acceptors (Lipinski definition) is 20. The Hall–Kier alpha value is -13.1. The number of rotatable bonds is 15. The SMILES string of the molecule is [2H]c1nc(N(C)[C@@]2([2H])CN(C(=O)C[N+]#[C-])CC[C@H]2C)c2c([2H])c(C)[nH]c2n1.[2H]c1nc(N(C)[C@H]2CN(C(=O)C[N+]#[C-])CC[C@@]2([2H])C([2H])([2H])[2H])c2c([2H])c(C)[nH]c2n1.[2H]c1nc(N(C)[C@H]2CN(C(=O)C[N+]#[C-])CC[C@@]2([2H])C)c2c([2H])c(C)[nH]c2n1.[2H]c1nc(N(C)[C@H]2CN(C(=O)C[N+]#[C-])CC[C@H]2C([2H])([2H])[2H])c2c([2H])c(C)[nH]c2n1.[2H]c1nc(N(C)[C@H]2CN(C(=O)C[N+]#[C-])CC[C@H]2C)c2c([2H])c(C)[nH]c2n1. The fourth-order valence-corrected chi connectivity index (χ4v) is 15.5. The lowest BCUT2D eigenvalue weighted by Gasteiger charge is -2.41. The van der Waals surface area contributed by atoms with E-state index in [0.29, 0.717) is 153 Å². The number of amides is 5. The monoisotopic (exact) mass is 1650 g/mol. The molecule has 0 spiro atoms. The van der Waals surface area contributed by atoms with Crippen LogP contribution in [0.1, 0.15) is 121 Å². The molecule has 120 heavy (non-hydrogen) atoms. The van der Waals surface area contributed by atoms with Gasteiger partial charge in [-0.15, -0.1) is 0 Å². The van der Waals surface area contributed by atoms with E-state index in [1.807, 2.05) is 25.8 Å². The summed E-state index contributed by atoms with van der Waals surface area (Å²) in [6.07, 6.45) is 1.04. The molecule has 10 aromatic heterocycles. The second-order valence-corrected chi connectivity index (χ2v) is 30.4. The minimum absolute atomic E-state index is 0.00876. The van der Waals surface area contributed by atoms with E-state index in [1.54, 1.807) is 92.2 Å². The molecule has 10 aromatic rings. The van der Waals surface area contributed by atoms with Gasteiger partial charge in [-0.1, -0.05) is 34.5 Å². The number of fused-ring (bicyclic) bond motifs is 5. The number of carbonyl (C=O) groups is 5. The summed E-state index contributed by atoms with van der Waals surface area (Å²) >= 11 is 0. The minimum Gasteiger partial charge on any atom is -0.354 e. The second-order valence-electron chi connectivity index (χ2n) is 30.4. The summed E-state index contributed by atoms with van der Waals surface area (Å²) in [5.41, 5.74) is 4.94. The molecular formula is C85H110N30O5. The average Bonchev–Trinajstić information content (AvgIpc) is 1.70. The second kappa shape index (κ2) is 39.4. The standard InChI is InChI=1S/5C17H22N6O/c5*1-11-5-6-23(15(24)8-18-3)9-14(11)22(4)17-13-7-12(2)21-16(13)19-10-20-17/h5*7,10-11,14H,5-6,8-9H2,1-2,4H3,(H,19,20,21)/t5*11-,14+/m11111/s1/i1D3,7D,10D,11D;7D,10D,14D;7D,10D,11D;1D3,7D,10D;7D,10D. The molecule has 630 valence electrons. The third-order valence-corrected chi connectivity index (χ3v) is 22.3. The predicted octanol–water partition coefficient (Wildman–Crippen LogP) is 9.29. The van der Waals surface area contributed by atoms with Gasteiger partial charge in [0.05, 0.1) is 65.3 Å². The molecule has 0 saturated carbocycles. The number of aryl methyl sites for hydroxylation is 5. The van der Waals surface area contributed by atoms with Crippen molar-refractivity contribution in [3.63, 3.8) is 0 Å². The molecule has 35 heteroatoms. The number of H-pyrrole nitrogens is 5. The quantitative estimate of drug-likeness (QED) is 0.0597. The van der Waals surface area contributed by atoms with Gasteiger partial charge in [0.25, 0.3) is 32.7 Å². The van der Waals surface area contributed by atoms with Crippen LogP contribution in [0, 0.1) is 97.0 Å². The van der Waals surface area contributed by atoms with Crippen LogP contribution in [0.2, 0.25) is 0 Å². The van der Waals surface area contributed by atoms with Crippen LogP contribution in [-0.2, 0) is 24.0 Å². The highest BCUT2D eigenvalue weighted by Gasteiger charge is 2.39. The van der Waals surface area contributed by atoms with Crippen molar-refractivity contribution in [2.75, 3.05) is 158 Å². The van der Waals surface area contributed by atoms with Crippen LogP contribution in [0.4, 0.5) is 29.1 Å². The van der Waals surface area contributed by atoms with E-state index in [-0.39, 0.29) is 187 Å². The number of nitrogens with zero attached hydrogens (tertiary/aromatic N) is 25. The van der Waals surface area contributed by atoms with Gasteiger partial charge in [0.1, 0.15) is 95.7 Å². The van der Waals surface area contributed by atoms with Crippen molar-refractivity contribution in [1.29, 1.82) is 0 Å². The van der Waals surface area contributed by atoms with E-state index in [4.69, 9.17) is 58.9 Å². The van der Waals surface area contributed by atoms with Gasteiger partial charge >= 0.3 is 29.5 Å². The van der Waals surface area contributed by atoms with Gasteiger partial charge in [0.2, 0.25) is 0 Å². The van der Waals surface area contributed by atoms with E-state index in [1.165, 1.54) is 14.7 Å². The Morgan fingerprint density at radius 1 is 0.367 bits per heavy atom. The van der Waals surface area contributed by atoms with Gasteiger partial charge in [-0.3, -0.25) is 24.0 Å². The lowest BCUT2D eigenvalue weighted by atomic mass is 9.92. The van der Waals surface area contributed by atoms with Crippen LogP contribution in [0.25, 0.3) is 79.4 Å². The van der Waals surface area contributed by atoms with Crippen molar-refractivity contribution in [1.82, 2.24) is 99.3 Å². The van der Waals surface area contributed by atoms with Gasteiger partial charge in [0.15, 0.2) is 0 Å². The van der Waals surface area contributed by atoms with E-state index in [0.717, 1.165) is 6.42 Å². The first-order chi connectivity index (χ1) is 65.1. The molecule has 5 fully saturated rings. The molecular weight excluding hydrogens is 1520 g/mol. The van der Waals surface area contributed by atoms with Crippen molar-refractivity contribution < 1.29 is 50.0 Å². The Labute approximate surface area is 726 Å².